The summed E-state index contributed by atoms with van der Waals surface area (Å²) >= 11 is 0. The van der Waals surface area contributed by atoms with Crippen molar-refractivity contribution in [1.29, 1.82) is 0 Å². The summed E-state index contributed by atoms with van der Waals surface area (Å²) in [5.74, 6) is -2.45. The molecule has 3 rings (SSSR count). The summed E-state index contributed by atoms with van der Waals surface area (Å²) < 4.78 is 55.5. The summed E-state index contributed by atoms with van der Waals surface area (Å²) in [6.45, 7) is 0.869. The molecule has 0 atom stereocenters. The van der Waals surface area contributed by atoms with Crippen LogP contribution in [0, 0.1) is 5.82 Å². The maximum Gasteiger partial charge on any atom is 0.417 e. The molecule has 0 aliphatic rings. The van der Waals surface area contributed by atoms with Gasteiger partial charge in [0, 0.05) is 17.3 Å². The predicted molar refractivity (Wildman–Crippen MR) is 104 cm³/mol. The van der Waals surface area contributed by atoms with Gasteiger partial charge in [-0.25, -0.2) is 9.37 Å². The van der Waals surface area contributed by atoms with Crippen LogP contribution < -0.4 is 11.3 Å². The molecule has 0 spiro atoms. The Morgan fingerprint density at radius 3 is 2.35 bits per heavy atom. The van der Waals surface area contributed by atoms with Gasteiger partial charge in [-0.15, -0.1) is 0 Å². The topological polar surface area (TPSA) is 95.1 Å². The number of hydrogen-bond acceptors (Lipinski definition) is 4. The number of ketones is 1. The largest absolute Gasteiger partial charge is 0.417 e. The van der Waals surface area contributed by atoms with Crippen molar-refractivity contribution < 1.29 is 27.2 Å². The third-order valence-corrected chi connectivity index (χ3v) is 4.36. The number of nitrogens with two attached hydrogens (primary N) is 1. The van der Waals surface area contributed by atoms with E-state index in [2.05, 4.69) is 4.98 Å². The molecule has 2 aromatic carbocycles. The Balaban J connectivity index is 2.25. The van der Waals surface area contributed by atoms with Gasteiger partial charge >= 0.3 is 6.18 Å². The summed E-state index contributed by atoms with van der Waals surface area (Å²) in [5, 5.41) is 0. The number of hydrogen-bond donors (Lipinski definition) is 1. The van der Waals surface area contributed by atoms with Crippen LogP contribution in [0.25, 0.3) is 22.4 Å². The average Bonchev–Trinajstić information content (AvgIpc) is 2.68. The molecule has 0 aliphatic heterocycles. The van der Waals surface area contributed by atoms with Crippen molar-refractivity contribution in [1.82, 2.24) is 9.55 Å². The SMILES string of the molecule is CC(=O)Cn1cc(C(N)=O)nc(-c2cccc(-c3c(F)cccc3C(F)(F)F)c2)c1=O. The zero-order valence-corrected chi connectivity index (χ0v) is 16.0. The van der Waals surface area contributed by atoms with Crippen molar-refractivity contribution in [3.8, 4) is 22.4 Å². The monoisotopic (exact) mass is 433 g/mol. The number of alkyl halides is 3. The number of amides is 1. The molecule has 1 aromatic heterocycles. The average molecular weight is 433 g/mol. The number of nitrogens with zero attached hydrogens (tertiary/aromatic N) is 2. The van der Waals surface area contributed by atoms with Gasteiger partial charge in [-0.3, -0.25) is 14.4 Å². The lowest BCUT2D eigenvalue weighted by Gasteiger charge is -2.15. The first-order valence-electron chi connectivity index (χ1n) is 8.86. The molecule has 160 valence electrons. The van der Waals surface area contributed by atoms with Crippen LogP contribution in [0.3, 0.4) is 0 Å². The van der Waals surface area contributed by atoms with E-state index < -0.39 is 34.6 Å². The first-order chi connectivity index (χ1) is 14.5. The molecule has 0 saturated heterocycles. The van der Waals surface area contributed by atoms with Crippen LogP contribution in [0.15, 0.2) is 53.5 Å². The number of rotatable bonds is 5. The van der Waals surface area contributed by atoms with Gasteiger partial charge in [0.15, 0.2) is 0 Å². The second-order valence-electron chi connectivity index (χ2n) is 6.72. The highest BCUT2D eigenvalue weighted by molar-refractivity contribution is 5.91. The van der Waals surface area contributed by atoms with Crippen LogP contribution in [-0.2, 0) is 17.5 Å². The van der Waals surface area contributed by atoms with Crippen LogP contribution in [0.1, 0.15) is 23.0 Å². The number of carbonyl (C=O) groups is 2. The summed E-state index contributed by atoms with van der Waals surface area (Å²) in [6.07, 6.45) is -3.79. The van der Waals surface area contributed by atoms with Crippen molar-refractivity contribution in [2.45, 2.75) is 19.6 Å². The van der Waals surface area contributed by atoms with Crippen LogP contribution in [0.4, 0.5) is 17.6 Å². The first kappa shape index (κ1) is 21.9. The first-order valence-corrected chi connectivity index (χ1v) is 8.86. The smallest absolute Gasteiger partial charge is 0.364 e. The van der Waals surface area contributed by atoms with E-state index in [0.717, 1.165) is 35.0 Å². The van der Waals surface area contributed by atoms with Gasteiger partial charge in [-0.1, -0.05) is 24.3 Å². The van der Waals surface area contributed by atoms with Gasteiger partial charge < -0.3 is 10.3 Å². The Bertz CT molecular complexity index is 1250. The van der Waals surface area contributed by atoms with Gasteiger partial charge in [0.05, 0.1) is 12.1 Å². The molecule has 10 heteroatoms. The van der Waals surface area contributed by atoms with Crippen molar-refractivity contribution in [3.63, 3.8) is 0 Å². The highest BCUT2D eigenvalue weighted by atomic mass is 19.4. The number of primary amides is 1. The third kappa shape index (κ3) is 4.52. The van der Waals surface area contributed by atoms with Gasteiger partial charge in [-0.05, 0) is 30.7 Å². The lowest BCUT2D eigenvalue weighted by atomic mass is 9.96. The van der Waals surface area contributed by atoms with E-state index in [-0.39, 0.29) is 34.8 Å². The highest BCUT2D eigenvalue weighted by Gasteiger charge is 2.35. The van der Waals surface area contributed by atoms with Gasteiger partial charge in [0.25, 0.3) is 11.5 Å². The molecule has 0 aliphatic carbocycles. The van der Waals surface area contributed by atoms with E-state index in [9.17, 15) is 31.9 Å². The van der Waals surface area contributed by atoms with Crippen molar-refractivity contribution in [2.75, 3.05) is 0 Å². The Morgan fingerprint density at radius 2 is 1.74 bits per heavy atom. The molecule has 0 fully saturated rings. The van der Waals surface area contributed by atoms with Crippen LogP contribution in [0.5, 0.6) is 0 Å². The Labute approximate surface area is 173 Å². The van der Waals surface area contributed by atoms with E-state index in [1.807, 2.05) is 0 Å². The van der Waals surface area contributed by atoms with Gasteiger partial charge in [0.2, 0.25) is 0 Å². The number of halogens is 4. The molecule has 0 saturated carbocycles. The van der Waals surface area contributed by atoms with Crippen LogP contribution in [-0.4, -0.2) is 21.2 Å². The standard InChI is InChI=1S/C21H15F4N3O3/c1-11(29)9-28-10-16(19(26)30)27-18(20(28)31)13-5-2-4-12(8-13)17-14(21(23,24)25)6-3-7-15(17)22/h2-8,10H,9H2,1H3,(H2,26,30). The summed E-state index contributed by atoms with van der Waals surface area (Å²) in [4.78, 5) is 39.7. The number of benzene rings is 2. The fraction of sp³-hybridized carbons (Fsp3) is 0.143. The maximum absolute atomic E-state index is 14.4. The fourth-order valence-corrected chi connectivity index (χ4v) is 3.08. The predicted octanol–water partition coefficient (Wildman–Crippen LogP) is 3.42. The Hall–Kier alpha value is -3.82. The summed E-state index contributed by atoms with van der Waals surface area (Å²) in [6, 6.07) is 7.68. The highest BCUT2D eigenvalue weighted by Crippen LogP contribution is 2.39. The minimum Gasteiger partial charge on any atom is -0.364 e. The molecular formula is C21H15F4N3O3. The quantitative estimate of drug-likeness (QED) is 0.624. The number of carbonyl (C=O) groups excluding carboxylic acids is 2. The second kappa shape index (κ2) is 8.13. The lowest BCUT2D eigenvalue weighted by molar-refractivity contribution is -0.137. The maximum atomic E-state index is 14.4. The Morgan fingerprint density at radius 1 is 1.10 bits per heavy atom. The van der Waals surface area contributed by atoms with Crippen LogP contribution in [0.2, 0.25) is 0 Å². The number of aromatic nitrogens is 2. The zero-order chi connectivity index (χ0) is 22.9. The Kier molecular flexibility index (Phi) is 5.74. The van der Waals surface area contributed by atoms with E-state index in [1.165, 1.54) is 25.1 Å². The molecule has 2 N–H and O–H groups in total. The van der Waals surface area contributed by atoms with Gasteiger partial charge in [-0.2, -0.15) is 13.2 Å². The van der Waals surface area contributed by atoms with E-state index in [0.29, 0.717) is 0 Å². The molecule has 6 nitrogen and oxygen atoms in total. The van der Waals surface area contributed by atoms with E-state index >= 15 is 0 Å². The van der Waals surface area contributed by atoms with Crippen molar-refractivity contribution in [3.05, 3.63) is 76.1 Å². The molecule has 0 radical (unpaired) electrons. The fourth-order valence-electron chi connectivity index (χ4n) is 3.08. The molecule has 0 unspecified atom stereocenters. The van der Waals surface area contributed by atoms with Crippen molar-refractivity contribution >= 4 is 11.7 Å². The summed E-state index contributed by atoms with van der Waals surface area (Å²) in [7, 11) is 0. The second-order valence-corrected chi connectivity index (χ2v) is 6.72. The van der Waals surface area contributed by atoms with Crippen LogP contribution >= 0.6 is 0 Å². The van der Waals surface area contributed by atoms with E-state index in [4.69, 9.17) is 5.73 Å². The molecule has 0 bridgehead atoms. The molecule has 1 amide bonds. The van der Waals surface area contributed by atoms with Gasteiger partial charge in [0.1, 0.15) is 23.0 Å². The van der Waals surface area contributed by atoms with E-state index in [1.54, 1.807) is 0 Å². The minimum absolute atomic E-state index is 0.0271. The van der Waals surface area contributed by atoms with Crippen molar-refractivity contribution in [2.24, 2.45) is 5.73 Å². The molecule has 1 heterocycles. The zero-order valence-electron chi connectivity index (χ0n) is 16.0. The normalized spacial score (nSPS) is 11.4. The molecule has 31 heavy (non-hydrogen) atoms. The number of Topliss-reactive ketones (excluding diaryl/α,β-unsaturated/α-hetero) is 1. The molecular weight excluding hydrogens is 418 g/mol. The third-order valence-electron chi connectivity index (χ3n) is 4.36. The summed E-state index contributed by atoms with van der Waals surface area (Å²) in [5.41, 5.74) is 1.86. The lowest BCUT2D eigenvalue weighted by Crippen LogP contribution is -2.28. The minimum atomic E-state index is -4.81. The molecule has 3 aromatic rings.